The third kappa shape index (κ3) is 9.14. The van der Waals surface area contributed by atoms with Gasteiger partial charge >= 0.3 is 0 Å². The maximum absolute atomic E-state index is 6.43. The molecule has 8 heteroatoms. The van der Waals surface area contributed by atoms with E-state index in [1.54, 1.807) is 14.2 Å². The van der Waals surface area contributed by atoms with Gasteiger partial charge in [-0.2, -0.15) is 0 Å². The molecule has 4 aromatic carbocycles. The third-order valence-corrected chi connectivity index (χ3v) is 11.0. The second-order valence-corrected chi connectivity index (χ2v) is 15.0. The number of unbranched alkanes of at least 4 members (excludes halogenated alkanes) is 10. The molecule has 0 bridgehead atoms. The van der Waals surface area contributed by atoms with Crippen molar-refractivity contribution in [1.82, 2.24) is 19.8 Å². The first kappa shape index (κ1) is 39.0. The summed E-state index contributed by atoms with van der Waals surface area (Å²) < 4.78 is 21.1. The summed E-state index contributed by atoms with van der Waals surface area (Å²) in [6, 6.07) is 21.8. The lowest BCUT2D eigenvalue weighted by Gasteiger charge is -2.21. The molecule has 0 spiro atoms. The van der Waals surface area contributed by atoms with E-state index in [-0.39, 0.29) is 0 Å². The van der Waals surface area contributed by atoms with E-state index in [2.05, 4.69) is 110 Å². The molecule has 0 aliphatic rings. The molecule has 0 aliphatic heterocycles. The first-order chi connectivity index (χ1) is 26.4. The summed E-state index contributed by atoms with van der Waals surface area (Å²) >= 11 is 0. The van der Waals surface area contributed by atoms with Gasteiger partial charge in [-0.25, -0.2) is 0 Å². The van der Waals surface area contributed by atoms with Gasteiger partial charge in [0.15, 0.2) is 23.8 Å². The minimum atomic E-state index is 0.594. The molecule has 2 aromatic heterocycles. The molecule has 0 radical (unpaired) electrons. The predicted octanol–water partition coefficient (Wildman–Crippen LogP) is 9.62. The van der Waals surface area contributed by atoms with Gasteiger partial charge in [0.2, 0.25) is 0 Å². The number of aryl methyl sites for hydroxylation is 4. The van der Waals surface area contributed by atoms with Gasteiger partial charge < -0.3 is 9.47 Å². The van der Waals surface area contributed by atoms with Crippen molar-refractivity contribution in [3.05, 3.63) is 95.6 Å². The van der Waals surface area contributed by atoms with Crippen molar-refractivity contribution < 1.29 is 18.8 Å². The van der Waals surface area contributed by atoms with Gasteiger partial charge in [0.25, 0.3) is 0 Å². The molecule has 54 heavy (non-hydrogen) atoms. The highest BCUT2D eigenvalue weighted by Crippen LogP contribution is 2.48. The van der Waals surface area contributed by atoms with Crippen LogP contribution < -0.4 is 18.8 Å². The topological polar surface area (TPSA) is 61.9 Å². The summed E-state index contributed by atoms with van der Waals surface area (Å²) in [5, 5.41) is 14.4. The van der Waals surface area contributed by atoms with Crippen LogP contribution in [0.15, 0.2) is 73.1 Å². The average molecular weight is 731 g/mol. The molecule has 0 atom stereocenters. The number of hydrogen-bond acceptors (Lipinski definition) is 4. The lowest BCUT2D eigenvalue weighted by molar-refractivity contribution is -0.747. The van der Waals surface area contributed by atoms with E-state index in [4.69, 9.17) is 19.9 Å². The fraction of sp³-hybridized carbons (Fsp3) is 0.478. The van der Waals surface area contributed by atoms with E-state index in [0.29, 0.717) is 13.1 Å². The van der Waals surface area contributed by atoms with Crippen molar-refractivity contribution in [2.24, 2.45) is 14.1 Å². The number of aromatic nitrogens is 6. The first-order valence-electron chi connectivity index (χ1n) is 20.5. The summed E-state index contributed by atoms with van der Waals surface area (Å²) in [7, 11) is 7.70. The average Bonchev–Trinajstić information content (AvgIpc) is 3.72. The first-order valence-corrected chi connectivity index (χ1v) is 20.5. The van der Waals surface area contributed by atoms with Crippen LogP contribution in [0.1, 0.15) is 113 Å². The quantitative estimate of drug-likeness (QED) is 0.0547. The van der Waals surface area contributed by atoms with Crippen molar-refractivity contribution in [3.63, 3.8) is 0 Å². The normalized spacial score (nSPS) is 11.6. The van der Waals surface area contributed by atoms with Gasteiger partial charge in [-0.1, -0.05) is 127 Å². The monoisotopic (exact) mass is 730 g/mol. The smallest absolute Gasteiger partial charge is 0.167 e. The molecule has 8 nitrogen and oxygen atoms in total. The Bertz CT molecular complexity index is 1980. The van der Waals surface area contributed by atoms with Gasteiger partial charge in [0.05, 0.1) is 24.6 Å². The Morgan fingerprint density at radius 3 is 1.33 bits per heavy atom. The molecular formula is C46H62N6O2+2. The Morgan fingerprint density at radius 2 is 0.926 bits per heavy atom. The van der Waals surface area contributed by atoms with Crippen molar-refractivity contribution in [2.45, 2.75) is 117 Å². The second-order valence-electron chi connectivity index (χ2n) is 15.0. The number of rotatable bonds is 21. The number of ether oxygens (including phenoxy) is 2. The molecule has 0 saturated heterocycles. The Balaban J connectivity index is 1.37. The minimum absolute atomic E-state index is 0.594. The van der Waals surface area contributed by atoms with Gasteiger partial charge in [-0.15, -0.1) is 18.7 Å². The fourth-order valence-electron chi connectivity index (χ4n) is 8.12. The number of fused-ring (bicyclic) bond motifs is 2. The Labute approximate surface area is 322 Å². The summed E-state index contributed by atoms with van der Waals surface area (Å²) in [5.41, 5.74) is 6.75. The molecule has 0 unspecified atom stereocenters. The van der Waals surface area contributed by atoms with Crippen LogP contribution in [0.3, 0.4) is 0 Å². The molecule has 0 N–H and O–H groups in total. The fourth-order valence-corrected chi connectivity index (χ4v) is 8.12. The Morgan fingerprint density at radius 1 is 0.537 bits per heavy atom. The van der Waals surface area contributed by atoms with E-state index < -0.39 is 0 Å². The number of nitrogens with zero attached hydrogens (tertiary/aromatic N) is 6. The van der Waals surface area contributed by atoms with Crippen molar-refractivity contribution >= 4 is 21.5 Å². The van der Waals surface area contributed by atoms with Gasteiger partial charge in [-0.05, 0) is 46.5 Å². The van der Waals surface area contributed by atoms with E-state index in [1.165, 1.54) is 88.4 Å². The number of benzene rings is 4. The summed E-state index contributed by atoms with van der Waals surface area (Å²) in [6.45, 7) is 5.73. The standard InChI is InChI=1S/C46H62N6O2/c1-7-9-11-13-15-17-25-39-33-51(47-49(39)3)31-37-29-35-23-19-21-27-41(35)43(45(37)53-5)44-42-28-22-20-24-36(42)30-38(46(44)54-6)32-52-34-40(50(4)48-52)26-18-16-14-12-10-8-2/h19-24,27-30,33-34H,7-18,25-26,31-32H2,1-6H3/q+2. The SMILES string of the molecule is CCCCCCCCc1c[n+](Cc2cc3ccccc3c(-c3c(OC)c(C[n+]4cc(CCCCCCCC)n(C)n4)cc4ccccc34)c2OC)nn1C. The molecular weight excluding hydrogens is 669 g/mol. The largest absolute Gasteiger partial charge is 0.496 e. The van der Waals surface area contributed by atoms with E-state index in [1.807, 2.05) is 9.36 Å². The lowest BCUT2D eigenvalue weighted by Crippen LogP contribution is -2.37. The molecule has 0 fully saturated rings. The van der Waals surface area contributed by atoms with E-state index >= 15 is 0 Å². The molecule has 286 valence electrons. The Kier molecular flexibility index (Phi) is 13.7. The maximum atomic E-state index is 6.43. The van der Waals surface area contributed by atoms with Crippen LogP contribution in [0.4, 0.5) is 0 Å². The van der Waals surface area contributed by atoms with Crippen molar-refractivity contribution in [3.8, 4) is 22.6 Å². The predicted molar refractivity (Wildman–Crippen MR) is 219 cm³/mol. The number of methoxy groups -OCH3 is 2. The van der Waals surface area contributed by atoms with Crippen molar-refractivity contribution in [1.29, 1.82) is 0 Å². The van der Waals surface area contributed by atoms with E-state index in [0.717, 1.165) is 68.1 Å². The summed E-state index contributed by atoms with van der Waals surface area (Å²) in [5.74, 6) is 1.69. The second kappa shape index (κ2) is 19.0. The molecule has 0 aliphatic carbocycles. The number of hydrogen-bond donors (Lipinski definition) is 0. The van der Waals surface area contributed by atoms with Crippen LogP contribution in [-0.2, 0) is 40.0 Å². The highest BCUT2D eigenvalue weighted by atomic mass is 16.5. The molecule has 6 aromatic rings. The highest BCUT2D eigenvalue weighted by Gasteiger charge is 2.26. The summed E-state index contributed by atoms with van der Waals surface area (Å²) in [6.07, 6.45) is 21.9. The van der Waals surface area contributed by atoms with Crippen LogP contribution in [-0.4, -0.2) is 34.0 Å². The van der Waals surface area contributed by atoms with Gasteiger partial charge in [0, 0.05) is 35.1 Å². The zero-order valence-corrected chi connectivity index (χ0v) is 33.7. The van der Waals surface area contributed by atoms with Crippen LogP contribution in [0, 0.1) is 0 Å². The zero-order chi connectivity index (χ0) is 37.9. The van der Waals surface area contributed by atoms with E-state index in [9.17, 15) is 0 Å². The third-order valence-electron chi connectivity index (χ3n) is 11.0. The Hall–Kier alpha value is -4.72. The summed E-state index contributed by atoms with van der Waals surface area (Å²) in [4.78, 5) is 0. The van der Waals surface area contributed by atoms with Gasteiger partial charge in [0.1, 0.15) is 38.7 Å². The van der Waals surface area contributed by atoms with Crippen LogP contribution in [0.5, 0.6) is 11.5 Å². The molecule has 0 saturated carbocycles. The van der Waals surface area contributed by atoms with Crippen LogP contribution in [0.2, 0.25) is 0 Å². The van der Waals surface area contributed by atoms with Crippen LogP contribution in [0.25, 0.3) is 32.7 Å². The maximum Gasteiger partial charge on any atom is 0.167 e. The van der Waals surface area contributed by atoms with Gasteiger partial charge in [-0.3, -0.25) is 0 Å². The lowest BCUT2D eigenvalue weighted by atomic mass is 9.88. The molecule has 2 heterocycles. The highest BCUT2D eigenvalue weighted by molar-refractivity contribution is 6.10. The molecule has 0 amide bonds. The van der Waals surface area contributed by atoms with Crippen molar-refractivity contribution in [2.75, 3.05) is 14.2 Å². The molecule has 6 rings (SSSR count). The van der Waals surface area contributed by atoms with Crippen LogP contribution >= 0.6 is 0 Å². The minimum Gasteiger partial charge on any atom is -0.496 e. The zero-order valence-electron chi connectivity index (χ0n) is 33.7.